The number of likely N-dealkylation sites (tertiary alicyclic amines) is 1. The van der Waals surface area contributed by atoms with Crippen molar-refractivity contribution >= 4 is 29.9 Å². The number of nitrogens with zero attached hydrogens (tertiary/aromatic N) is 3. The molecule has 2 aliphatic heterocycles. The number of hydrogen-bond donors (Lipinski definition) is 2. The second kappa shape index (κ2) is 13.5. The van der Waals surface area contributed by atoms with E-state index in [0.29, 0.717) is 0 Å². The third-order valence-electron chi connectivity index (χ3n) is 6.17. The first-order valence-electron chi connectivity index (χ1n) is 11.3. The Morgan fingerprint density at radius 1 is 1.20 bits per heavy atom. The van der Waals surface area contributed by atoms with Crippen LogP contribution in [0.2, 0.25) is 0 Å². The summed E-state index contributed by atoms with van der Waals surface area (Å²) in [5.74, 6) is 2.82. The lowest BCUT2D eigenvalue weighted by atomic mass is 10.0. The summed E-state index contributed by atoms with van der Waals surface area (Å²) in [5.41, 5.74) is 0. The zero-order chi connectivity index (χ0) is 20.5. The number of ether oxygens (including phenoxy) is 1. The van der Waals surface area contributed by atoms with Gasteiger partial charge in [-0.05, 0) is 44.9 Å². The molecule has 0 radical (unpaired) electrons. The number of morpholine rings is 1. The van der Waals surface area contributed by atoms with Crippen molar-refractivity contribution in [3.63, 3.8) is 0 Å². The Kier molecular flexibility index (Phi) is 11.5. The van der Waals surface area contributed by atoms with Gasteiger partial charge in [-0.25, -0.2) is 0 Å². The lowest BCUT2D eigenvalue weighted by molar-refractivity contribution is 0.0124. The highest BCUT2D eigenvalue weighted by molar-refractivity contribution is 14.0. The van der Waals surface area contributed by atoms with Crippen molar-refractivity contribution in [3.05, 3.63) is 23.7 Å². The van der Waals surface area contributed by atoms with Crippen LogP contribution in [0.4, 0.5) is 0 Å². The van der Waals surface area contributed by atoms with Crippen LogP contribution in [-0.2, 0) is 4.74 Å². The molecule has 2 N–H and O–H groups in total. The van der Waals surface area contributed by atoms with E-state index < -0.39 is 0 Å². The molecule has 2 atom stereocenters. The van der Waals surface area contributed by atoms with Crippen molar-refractivity contribution in [3.8, 4) is 0 Å². The quantitative estimate of drug-likeness (QED) is 0.305. The largest absolute Gasteiger partial charge is 0.465 e. The van der Waals surface area contributed by atoms with Gasteiger partial charge in [0.1, 0.15) is 11.5 Å². The van der Waals surface area contributed by atoms with E-state index in [9.17, 15) is 0 Å². The van der Waals surface area contributed by atoms with Gasteiger partial charge < -0.3 is 19.8 Å². The summed E-state index contributed by atoms with van der Waals surface area (Å²) in [5, 5.41) is 7.02. The van der Waals surface area contributed by atoms with Crippen molar-refractivity contribution < 1.29 is 9.15 Å². The van der Waals surface area contributed by atoms with Crippen LogP contribution < -0.4 is 10.6 Å². The smallest absolute Gasteiger partial charge is 0.191 e. The number of hydrogen-bond acceptors (Lipinski definition) is 5. The fraction of sp³-hybridized carbons (Fsp3) is 0.773. The van der Waals surface area contributed by atoms with Gasteiger partial charge in [0, 0.05) is 45.8 Å². The van der Waals surface area contributed by atoms with E-state index in [1.165, 1.54) is 32.2 Å². The number of piperidine rings is 1. The van der Waals surface area contributed by atoms with Gasteiger partial charge >= 0.3 is 0 Å². The summed E-state index contributed by atoms with van der Waals surface area (Å²) in [7, 11) is 1.84. The number of aryl methyl sites for hydroxylation is 1. The molecule has 0 amide bonds. The van der Waals surface area contributed by atoms with E-state index in [1.54, 1.807) is 0 Å². The molecule has 30 heavy (non-hydrogen) atoms. The molecule has 1 aromatic heterocycles. The predicted octanol–water partition coefficient (Wildman–Crippen LogP) is 3.01. The molecule has 0 saturated carbocycles. The minimum Gasteiger partial charge on any atom is -0.465 e. The molecular formula is C22H40IN5O2. The minimum atomic E-state index is 0. The summed E-state index contributed by atoms with van der Waals surface area (Å²) >= 11 is 0. The second-order valence-electron chi connectivity index (χ2n) is 8.09. The summed E-state index contributed by atoms with van der Waals surface area (Å²) < 4.78 is 11.5. The third-order valence-corrected chi connectivity index (χ3v) is 6.17. The van der Waals surface area contributed by atoms with E-state index in [2.05, 4.69) is 38.4 Å². The molecular weight excluding hydrogens is 493 g/mol. The fourth-order valence-electron chi connectivity index (χ4n) is 4.48. The minimum absolute atomic E-state index is 0. The van der Waals surface area contributed by atoms with Crippen LogP contribution in [0.25, 0.3) is 0 Å². The van der Waals surface area contributed by atoms with Crippen molar-refractivity contribution in [1.82, 2.24) is 20.4 Å². The van der Waals surface area contributed by atoms with Gasteiger partial charge in [-0.15, -0.1) is 24.0 Å². The predicted molar refractivity (Wildman–Crippen MR) is 133 cm³/mol. The van der Waals surface area contributed by atoms with E-state index in [4.69, 9.17) is 9.15 Å². The molecule has 7 nitrogen and oxygen atoms in total. The molecule has 0 aromatic carbocycles. The van der Waals surface area contributed by atoms with Gasteiger partial charge in [0.05, 0.1) is 19.3 Å². The average molecular weight is 533 g/mol. The molecule has 1 aromatic rings. The Balaban J connectivity index is 0.00000320. The Hall–Kier alpha value is -0.840. The average Bonchev–Trinajstić information content (AvgIpc) is 3.19. The van der Waals surface area contributed by atoms with Gasteiger partial charge in [0.25, 0.3) is 0 Å². The highest BCUT2D eigenvalue weighted by Gasteiger charge is 2.25. The molecule has 8 heteroatoms. The van der Waals surface area contributed by atoms with Crippen LogP contribution in [0.1, 0.15) is 50.2 Å². The van der Waals surface area contributed by atoms with E-state index in [1.807, 2.05) is 20.0 Å². The molecule has 172 valence electrons. The Morgan fingerprint density at radius 3 is 2.67 bits per heavy atom. The molecule has 3 rings (SSSR count). The van der Waals surface area contributed by atoms with E-state index in [-0.39, 0.29) is 30.0 Å². The third kappa shape index (κ3) is 7.39. The number of halogens is 1. The molecule has 2 saturated heterocycles. The summed E-state index contributed by atoms with van der Waals surface area (Å²) in [6, 6.07) is 5.05. The lowest BCUT2D eigenvalue weighted by Crippen LogP contribution is -2.48. The van der Waals surface area contributed by atoms with Gasteiger partial charge in [-0.2, -0.15) is 0 Å². The Morgan fingerprint density at radius 2 is 2.00 bits per heavy atom. The molecule has 0 spiro atoms. The van der Waals surface area contributed by atoms with Crippen LogP contribution in [-0.4, -0.2) is 81.3 Å². The summed E-state index contributed by atoms with van der Waals surface area (Å²) in [4.78, 5) is 9.49. The standard InChI is InChI=1S/C22H39N5O2.HI/c1-4-19-7-5-6-11-26(19)12-10-24-22(23-3)25-17-20(21-9-8-18(2)29-21)27-13-15-28-16-14-27;/h8-9,19-20H,4-7,10-17H2,1-3H3,(H2,23,24,25);1H. The maximum atomic E-state index is 5.96. The highest BCUT2D eigenvalue weighted by atomic mass is 127. The number of furan rings is 1. The summed E-state index contributed by atoms with van der Waals surface area (Å²) in [6.45, 7) is 11.7. The maximum Gasteiger partial charge on any atom is 0.191 e. The molecule has 0 bridgehead atoms. The first-order chi connectivity index (χ1) is 14.2. The Bertz CT molecular complexity index is 633. The number of rotatable bonds is 8. The van der Waals surface area contributed by atoms with Crippen LogP contribution in [0.15, 0.2) is 21.5 Å². The van der Waals surface area contributed by atoms with Gasteiger partial charge in [-0.3, -0.25) is 14.8 Å². The van der Waals surface area contributed by atoms with E-state index in [0.717, 1.165) is 69.5 Å². The summed E-state index contributed by atoms with van der Waals surface area (Å²) in [6.07, 6.45) is 5.29. The lowest BCUT2D eigenvalue weighted by Gasteiger charge is -2.35. The zero-order valence-electron chi connectivity index (χ0n) is 18.9. The van der Waals surface area contributed by atoms with Crippen LogP contribution in [0, 0.1) is 6.92 Å². The number of nitrogens with one attached hydrogen (secondary N) is 2. The molecule has 2 unspecified atom stereocenters. The molecule has 3 heterocycles. The van der Waals surface area contributed by atoms with Gasteiger partial charge in [-0.1, -0.05) is 13.3 Å². The van der Waals surface area contributed by atoms with Crippen molar-refractivity contribution in [1.29, 1.82) is 0 Å². The first-order valence-corrected chi connectivity index (χ1v) is 11.3. The topological polar surface area (TPSA) is 65.3 Å². The van der Waals surface area contributed by atoms with Crippen LogP contribution in [0.3, 0.4) is 0 Å². The van der Waals surface area contributed by atoms with Crippen molar-refractivity contribution in [2.45, 2.75) is 51.6 Å². The highest BCUT2D eigenvalue weighted by Crippen LogP contribution is 2.23. The van der Waals surface area contributed by atoms with E-state index >= 15 is 0 Å². The molecule has 2 aliphatic rings. The molecule has 0 aliphatic carbocycles. The monoisotopic (exact) mass is 533 g/mol. The number of guanidine groups is 1. The first kappa shape index (κ1) is 25.4. The van der Waals surface area contributed by atoms with Gasteiger partial charge in [0.15, 0.2) is 5.96 Å². The fourth-order valence-corrected chi connectivity index (χ4v) is 4.48. The van der Waals surface area contributed by atoms with Crippen LogP contribution in [0.5, 0.6) is 0 Å². The Labute approximate surface area is 199 Å². The maximum absolute atomic E-state index is 5.96. The van der Waals surface area contributed by atoms with Crippen LogP contribution >= 0.6 is 24.0 Å². The SMILES string of the molecule is CCC1CCCCN1CCNC(=NC)NCC(c1ccc(C)o1)N1CCOCC1.I. The number of aliphatic imine (C=N–C) groups is 1. The zero-order valence-corrected chi connectivity index (χ0v) is 21.2. The molecule has 2 fully saturated rings. The van der Waals surface area contributed by atoms with Crippen molar-refractivity contribution in [2.75, 3.05) is 59.5 Å². The normalized spacial score (nSPS) is 22.4. The second-order valence-corrected chi connectivity index (χ2v) is 8.09. The van der Waals surface area contributed by atoms with Gasteiger partial charge in [0.2, 0.25) is 0 Å². The van der Waals surface area contributed by atoms with Crippen molar-refractivity contribution in [2.24, 2.45) is 4.99 Å².